The van der Waals surface area contributed by atoms with E-state index in [2.05, 4.69) is 9.71 Å². The zero-order chi connectivity index (χ0) is 22.9. The first-order chi connectivity index (χ1) is 15.2. The maximum Gasteiger partial charge on any atom is 0.417 e. The van der Waals surface area contributed by atoms with Crippen LogP contribution in [0.15, 0.2) is 58.2 Å². The molecule has 1 saturated heterocycles. The second kappa shape index (κ2) is 8.72. The molecule has 172 valence electrons. The number of alkyl halides is 3. The first-order valence-electron chi connectivity index (χ1n) is 10.2. The minimum atomic E-state index is -4.76. The highest BCUT2D eigenvalue weighted by Crippen LogP contribution is 2.33. The molecule has 1 aliphatic heterocycles. The van der Waals surface area contributed by atoms with Crippen molar-refractivity contribution in [3.63, 3.8) is 0 Å². The highest BCUT2D eigenvalue weighted by molar-refractivity contribution is 7.89. The zero-order valence-corrected chi connectivity index (χ0v) is 17.9. The van der Waals surface area contributed by atoms with Gasteiger partial charge in [-0.2, -0.15) is 13.2 Å². The number of fused-ring (bicyclic) bond motifs is 1. The maximum atomic E-state index is 13.1. The van der Waals surface area contributed by atoms with Crippen LogP contribution >= 0.6 is 0 Å². The van der Waals surface area contributed by atoms with Crippen LogP contribution in [0, 0.1) is 0 Å². The summed E-state index contributed by atoms with van der Waals surface area (Å²) in [5.41, 5.74) is 0.304. The molecule has 0 unspecified atom stereocenters. The average molecular weight is 469 g/mol. The highest BCUT2D eigenvalue weighted by Gasteiger charge is 2.36. The molecule has 0 aliphatic carbocycles. The van der Waals surface area contributed by atoms with Gasteiger partial charge in [-0.1, -0.05) is 24.3 Å². The van der Waals surface area contributed by atoms with Crippen LogP contribution in [0.4, 0.5) is 13.2 Å². The van der Waals surface area contributed by atoms with Crippen molar-refractivity contribution in [3.8, 4) is 0 Å². The molecule has 0 amide bonds. The summed E-state index contributed by atoms with van der Waals surface area (Å²) in [5, 5.41) is 0. The van der Waals surface area contributed by atoms with Gasteiger partial charge in [0, 0.05) is 32.2 Å². The quantitative estimate of drug-likeness (QED) is 0.583. The summed E-state index contributed by atoms with van der Waals surface area (Å²) in [6.07, 6.45) is -3.33. The van der Waals surface area contributed by atoms with Crippen molar-refractivity contribution in [3.05, 3.63) is 64.6 Å². The van der Waals surface area contributed by atoms with Crippen molar-refractivity contribution in [2.45, 2.75) is 30.0 Å². The Kier molecular flexibility index (Phi) is 6.15. The third-order valence-electron chi connectivity index (χ3n) is 5.75. The Labute approximate surface area is 182 Å². The summed E-state index contributed by atoms with van der Waals surface area (Å²) in [6, 6.07) is 11.7. The van der Waals surface area contributed by atoms with Gasteiger partial charge in [0.2, 0.25) is 10.0 Å². The molecule has 0 bridgehead atoms. The fourth-order valence-electron chi connectivity index (χ4n) is 4.19. The highest BCUT2D eigenvalue weighted by atomic mass is 32.2. The topological polar surface area (TPSA) is 87.2 Å². The molecule has 3 aromatic rings. The SMILES string of the molecule is O=c1[nH]c2ccccc2n1C1CCN(CCNS(=O)(=O)c2ccccc2C(F)(F)F)CC1. The minimum absolute atomic E-state index is 0.00771. The van der Waals surface area contributed by atoms with Crippen molar-refractivity contribution < 1.29 is 21.6 Å². The lowest BCUT2D eigenvalue weighted by Gasteiger charge is -2.32. The molecule has 0 radical (unpaired) electrons. The van der Waals surface area contributed by atoms with Gasteiger partial charge >= 0.3 is 11.9 Å². The molecule has 7 nitrogen and oxygen atoms in total. The smallest absolute Gasteiger partial charge is 0.306 e. The Balaban J connectivity index is 1.35. The first-order valence-corrected chi connectivity index (χ1v) is 11.7. The van der Waals surface area contributed by atoms with Crippen LogP contribution in [-0.2, 0) is 16.2 Å². The number of H-pyrrole nitrogens is 1. The van der Waals surface area contributed by atoms with Crippen LogP contribution < -0.4 is 10.4 Å². The minimum Gasteiger partial charge on any atom is -0.306 e. The number of sulfonamides is 1. The Morgan fingerprint density at radius 2 is 1.69 bits per heavy atom. The van der Waals surface area contributed by atoms with Gasteiger partial charge in [0.1, 0.15) is 0 Å². The number of imidazole rings is 1. The van der Waals surface area contributed by atoms with Crippen molar-refractivity contribution in [2.75, 3.05) is 26.2 Å². The van der Waals surface area contributed by atoms with Crippen LogP contribution in [-0.4, -0.2) is 49.0 Å². The largest absolute Gasteiger partial charge is 0.417 e. The fourth-order valence-corrected chi connectivity index (χ4v) is 5.44. The second-order valence-corrected chi connectivity index (χ2v) is 9.52. The number of aromatic nitrogens is 2. The third kappa shape index (κ3) is 4.59. The number of hydrogen-bond donors (Lipinski definition) is 2. The van der Waals surface area contributed by atoms with E-state index < -0.39 is 26.7 Å². The predicted molar refractivity (Wildman–Crippen MR) is 114 cm³/mol. The molecule has 1 fully saturated rings. The fraction of sp³-hybridized carbons (Fsp3) is 0.381. The van der Waals surface area contributed by atoms with E-state index in [1.807, 2.05) is 29.2 Å². The van der Waals surface area contributed by atoms with Gasteiger partial charge in [-0.25, -0.2) is 17.9 Å². The first kappa shape index (κ1) is 22.6. The van der Waals surface area contributed by atoms with E-state index in [0.717, 1.165) is 29.2 Å². The van der Waals surface area contributed by atoms with Crippen LogP contribution in [0.2, 0.25) is 0 Å². The predicted octanol–water partition coefficient (Wildman–Crippen LogP) is 2.96. The van der Waals surface area contributed by atoms with E-state index in [4.69, 9.17) is 0 Å². The summed E-state index contributed by atoms with van der Waals surface area (Å²) >= 11 is 0. The molecule has 0 atom stereocenters. The summed E-state index contributed by atoms with van der Waals surface area (Å²) in [4.78, 5) is 16.5. The summed E-state index contributed by atoms with van der Waals surface area (Å²) in [5.74, 6) is 0. The molecule has 2 aromatic carbocycles. The lowest BCUT2D eigenvalue weighted by atomic mass is 10.0. The van der Waals surface area contributed by atoms with Gasteiger partial charge in [0.15, 0.2) is 0 Å². The Bertz CT molecular complexity index is 1260. The van der Waals surface area contributed by atoms with E-state index in [9.17, 15) is 26.4 Å². The van der Waals surface area contributed by atoms with E-state index in [-0.39, 0.29) is 18.3 Å². The van der Waals surface area contributed by atoms with Crippen molar-refractivity contribution >= 4 is 21.1 Å². The number of halogens is 3. The number of hydrogen-bond acceptors (Lipinski definition) is 4. The maximum absolute atomic E-state index is 13.1. The van der Waals surface area contributed by atoms with Crippen LogP contribution in [0.3, 0.4) is 0 Å². The van der Waals surface area contributed by atoms with Crippen LogP contribution in [0.1, 0.15) is 24.4 Å². The molecule has 1 aromatic heterocycles. The van der Waals surface area contributed by atoms with Crippen LogP contribution in [0.25, 0.3) is 11.0 Å². The zero-order valence-electron chi connectivity index (χ0n) is 17.1. The Morgan fingerprint density at radius 3 is 2.41 bits per heavy atom. The lowest BCUT2D eigenvalue weighted by Crippen LogP contribution is -2.41. The number of likely N-dealkylation sites (tertiary alicyclic amines) is 1. The molecule has 2 N–H and O–H groups in total. The van der Waals surface area contributed by atoms with Gasteiger partial charge in [-0.3, -0.25) is 4.57 Å². The summed E-state index contributed by atoms with van der Waals surface area (Å²) in [7, 11) is -4.30. The van der Waals surface area contributed by atoms with E-state index >= 15 is 0 Å². The van der Waals surface area contributed by atoms with Gasteiger partial charge in [-0.15, -0.1) is 0 Å². The average Bonchev–Trinajstić information content (AvgIpc) is 3.09. The van der Waals surface area contributed by atoms with E-state index in [1.54, 1.807) is 4.57 Å². The third-order valence-corrected chi connectivity index (χ3v) is 7.27. The molecule has 2 heterocycles. The molecule has 4 rings (SSSR count). The number of piperidine rings is 1. The Morgan fingerprint density at radius 1 is 1.03 bits per heavy atom. The number of nitrogens with one attached hydrogen (secondary N) is 2. The molecule has 32 heavy (non-hydrogen) atoms. The van der Waals surface area contributed by atoms with Gasteiger partial charge in [0.05, 0.1) is 21.5 Å². The molecular formula is C21H23F3N4O3S. The van der Waals surface area contributed by atoms with E-state index in [1.165, 1.54) is 6.07 Å². The monoisotopic (exact) mass is 468 g/mol. The number of aromatic amines is 1. The number of para-hydroxylation sites is 2. The van der Waals surface area contributed by atoms with Crippen molar-refractivity contribution in [1.82, 2.24) is 19.2 Å². The molecule has 0 spiro atoms. The summed E-state index contributed by atoms with van der Waals surface area (Å²) in [6.45, 7) is 1.66. The Hall–Kier alpha value is -2.63. The normalized spacial score (nSPS) is 16.6. The standard InChI is InChI=1S/C21H23F3N4O3S/c22-21(23,24)16-5-1-4-8-19(16)32(30,31)25-11-14-27-12-9-15(10-13-27)28-18-7-3-2-6-17(18)26-20(28)29/h1-8,15,25H,9-14H2,(H,26,29). The summed E-state index contributed by atoms with van der Waals surface area (Å²) < 4.78 is 68.4. The lowest BCUT2D eigenvalue weighted by molar-refractivity contribution is -0.139. The van der Waals surface area contributed by atoms with Crippen molar-refractivity contribution in [1.29, 1.82) is 0 Å². The van der Waals surface area contributed by atoms with Crippen LogP contribution in [0.5, 0.6) is 0 Å². The van der Waals surface area contributed by atoms with Gasteiger partial charge in [0.25, 0.3) is 0 Å². The molecule has 0 saturated carbocycles. The number of benzene rings is 2. The van der Waals surface area contributed by atoms with E-state index in [0.29, 0.717) is 32.5 Å². The van der Waals surface area contributed by atoms with Gasteiger partial charge in [-0.05, 0) is 37.1 Å². The molecular weight excluding hydrogens is 445 g/mol. The molecule has 1 aliphatic rings. The van der Waals surface area contributed by atoms with Crippen molar-refractivity contribution in [2.24, 2.45) is 0 Å². The number of rotatable bonds is 6. The van der Waals surface area contributed by atoms with Gasteiger partial charge < -0.3 is 9.88 Å². The number of nitrogens with zero attached hydrogens (tertiary/aromatic N) is 2. The molecule has 11 heteroatoms. The second-order valence-electron chi connectivity index (χ2n) is 7.78.